The smallest absolute Gasteiger partial charge is 0.230 e. The Morgan fingerprint density at radius 3 is 2.56 bits per heavy atom. The summed E-state index contributed by atoms with van der Waals surface area (Å²) in [6.45, 7) is 3.79. The summed E-state index contributed by atoms with van der Waals surface area (Å²) < 4.78 is 11.1. The van der Waals surface area contributed by atoms with Gasteiger partial charge in [-0.3, -0.25) is 0 Å². The van der Waals surface area contributed by atoms with Crippen molar-refractivity contribution in [1.29, 1.82) is 5.26 Å². The van der Waals surface area contributed by atoms with E-state index in [0.717, 1.165) is 0 Å². The molecule has 0 aliphatic heterocycles. The minimum atomic E-state index is -0.0647. The molecule has 142 valence electrons. The maximum Gasteiger partial charge on any atom is 0.230 e. The Kier molecular flexibility index (Phi) is 6.42. The Balaban J connectivity index is 2.53. The third-order valence-corrected chi connectivity index (χ3v) is 3.60. The second-order valence-corrected chi connectivity index (χ2v) is 6.49. The van der Waals surface area contributed by atoms with Gasteiger partial charge in [0.2, 0.25) is 11.9 Å². The number of hydrogen-bond donors (Lipinski definition) is 1. The van der Waals surface area contributed by atoms with Crippen molar-refractivity contribution in [2.75, 3.05) is 31.8 Å². The van der Waals surface area contributed by atoms with Gasteiger partial charge < -0.3 is 20.1 Å². The van der Waals surface area contributed by atoms with E-state index in [-0.39, 0.29) is 23.4 Å². The number of allylic oxidation sites excluding steroid dienone is 1. The summed E-state index contributed by atoms with van der Waals surface area (Å²) in [7, 11) is 5.06. The molecule has 1 aromatic carbocycles. The van der Waals surface area contributed by atoms with Gasteiger partial charge in [-0.05, 0) is 37.6 Å². The van der Waals surface area contributed by atoms with Crippen molar-refractivity contribution in [2.24, 2.45) is 0 Å². The number of rotatable bonds is 6. The number of nitrogens with two attached hydrogens (primary N) is 1. The highest BCUT2D eigenvalue weighted by atomic mass is 35.5. The molecule has 0 atom stereocenters. The number of methoxy groups -OCH3 is 1. The van der Waals surface area contributed by atoms with E-state index in [1.165, 1.54) is 7.11 Å². The van der Waals surface area contributed by atoms with Crippen molar-refractivity contribution in [2.45, 2.75) is 20.0 Å². The topological polar surface area (TPSA) is 110 Å². The molecule has 8 nitrogen and oxygen atoms in total. The van der Waals surface area contributed by atoms with E-state index in [1.54, 1.807) is 37.2 Å². The second kappa shape index (κ2) is 8.56. The molecule has 2 N–H and O–H groups in total. The number of nitrogen functional groups attached to an aromatic ring is 1. The lowest BCUT2D eigenvalue weighted by Gasteiger charge is -2.15. The third kappa shape index (κ3) is 4.99. The van der Waals surface area contributed by atoms with E-state index in [9.17, 15) is 5.26 Å². The number of nitriles is 1. The normalized spacial score (nSPS) is 11.3. The van der Waals surface area contributed by atoms with Crippen LogP contribution in [0.1, 0.15) is 25.2 Å². The summed E-state index contributed by atoms with van der Waals surface area (Å²) in [4.78, 5) is 14.0. The van der Waals surface area contributed by atoms with E-state index >= 15 is 0 Å². The summed E-state index contributed by atoms with van der Waals surface area (Å²) in [5.41, 5.74) is 6.58. The predicted octanol–water partition coefficient (Wildman–Crippen LogP) is 3.03. The van der Waals surface area contributed by atoms with Gasteiger partial charge in [0.15, 0.2) is 17.3 Å². The maximum atomic E-state index is 9.57. The quantitative estimate of drug-likeness (QED) is 0.751. The van der Waals surface area contributed by atoms with Crippen LogP contribution in [0.25, 0.3) is 11.6 Å². The number of aromatic nitrogens is 3. The molecule has 2 rings (SSSR count). The first-order valence-corrected chi connectivity index (χ1v) is 8.48. The van der Waals surface area contributed by atoms with Crippen LogP contribution < -0.4 is 20.1 Å². The summed E-state index contributed by atoms with van der Waals surface area (Å²) in [5, 5.41) is 9.94. The van der Waals surface area contributed by atoms with Crippen LogP contribution in [0.15, 0.2) is 12.1 Å². The highest BCUT2D eigenvalue weighted by molar-refractivity contribution is 6.32. The van der Waals surface area contributed by atoms with Gasteiger partial charge in [-0.15, -0.1) is 0 Å². The van der Waals surface area contributed by atoms with Crippen LogP contribution in [0.5, 0.6) is 11.5 Å². The lowest BCUT2D eigenvalue weighted by Crippen LogP contribution is -2.15. The van der Waals surface area contributed by atoms with Crippen LogP contribution in [-0.2, 0) is 0 Å². The molecule has 27 heavy (non-hydrogen) atoms. The van der Waals surface area contributed by atoms with Gasteiger partial charge >= 0.3 is 0 Å². The molecular formula is C18H21ClN6O2. The fourth-order valence-corrected chi connectivity index (χ4v) is 2.45. The molecule has 0 aliphatic carbocycles. The lowest BCUT2D eigenvalue weighted by atomic mass is 10.1. The van der Waals surface area contributed by atoms with Crippen molar-refractivity contribution in [1.82, 2.24) is 15.0 Å². The molecule has 0 fully saturated rings. The third-order valence-electron chi connectivity index (χ3n) is 3.32. The molecule has 0 aliphatic rings. The van der Waals surface area contributed by atoms with Crippen molar-refractivity contribution >= 4 is 35.1 Å². The second-order valence-electron chi connectivity index (χ2n) is 6.08. The van der Waals surface area contributed by atoms with E-state index in [4.69, 9.17) is 26.8 Å². The average molecular weight is 389 g/mol. The van der Waals surface area contributed by atoms with E-state index in [0.29, 0.717) is 28.0 Å². The lowest BCUT2D eigenvalue weighted by molar-refractivity contribution is 0.230. The van der Waals surface area contributed by atoms with Crippen LogP contribution in [0.2, 0.25) is 5.02 Å². The zero-order valence-electron chi connectivity index (χ0n) is 15.8. The van der Waals surface area contributed by atoms with Crippen molar-refractivity contribution in [3.63, 3.8) is 0 Å². The van der Waals surface area contributed by atoms with Crippen LogP contribution in [0, 0.1) is 11.3 Å². The fraction of sp³-hybridized carbons (Fsp3) is 0.333. The fourth-order valence-electron chi connectivity index (χ4n) is 2.19. The van der Waals surface area contributed by atoms with Gasteiger partial charge in [-0.1, -0.05) is 11.6 Å². The summed E-state index contributed by atoms with van der Waals surface area (Å²) in [6, 6.07) is 5.48. The number of hydrogen-bond acceptors (Lipinski definition) is 8. The zero-order valence-corrected chi connectivity index (χ0v) is 16.6. The molecule has 0 spiro atoms. The predicted molar refractivity (Wildman–Crippen MR) is 106 cm³/mol. The Morgan fingerprint density at radius 1 is 1.30 bits per heavy atom. The van der Waals surface area contributed by atoms with Crippen molar-refractivity contribution in [3.8, 4) is 17.6 Å². The van der Waals surface area contributed by atoms with E-state index in [2.05, 4.69) is 21.0 Å². The number of anilines is 2. The van der Waals surface area contributed by atoms with Gasteiger partial charge in [-0.25, -0.2) is 0 Å². The van der Waals surface area contributed by atoms with Crippen molar-refractivity contribution in [3.05, 3.63) is 28.5 Å². The Hall–Kier alpha value is -3.05. The molecule has 1 aromatic heterocycles. The van der Waals surface area contributed by atoms with Gasteiger partial charge in [0.05, 0.1) is 23.8 Å². The SMILES string of the molecule is COc1cc(/C=C(\C#N)c2nc(N)nc(N(C)C)n2)cc(Cl)c1OC(C)C. The Labute approximate surface area is 163 Å². The molecule has 1 heterocycles. The van der Waals surface area contributed by atoms with Gasteiger partial charge in [0.1, 0.15) is 6.07 Å². The highest BCUT2D eigenvalue weighted by Crippen LogP contribution is 2.38. The summed E-state index contributed by atoms with van der Waals surface area (Å²) in [5.74, 6) is 1.47. The highest BCUT2D eigenvalue weighted by Gasteiger charge is 2.15. The minimum Gasteiger partial charge on any atom is -0.493 e. The number of nitrogens with zero attached hydrogens (tertiary/aromatic N) is 5. The Morgan fingerprint density at radius 2 is 2.00 bits per heavy atom. The molecule has 0 radical (unpaired) electrons. The standard InChI is InChI=1S/C18H21ClN6O2/c1-10(2)27-15-13(19)7-11(8-14(15)26-5)6-12(9-20)16-22-17(21)24-18(23-16)25(3)4/h6-8,10H,1-5H3,(H2,21,22,23,24)/b12-6+. The van der Waals surface area contributed by atoms with Gasteiger partial charge in [0.25, 0.3) is 0 Å². The number of halogens is 1. The van der Waals surface area contributed by atoms with E-state index < -0.39 is 0 Å². The van der Waals surface area contributed by atoms with Gasteiger partial charge in [0, 0.05) is 14.1 Å². The molecule has 0 unspecified atom stereocenters. The number of ether oxygens (including phenoxy) is 2. The molecule has 9 heteroatoms. The average Bonchev–Trinajstić information content (AvgIpc) is 2.60. The van der Waals surface area contributed by atoms with Crippen LogP contribution in [-0.4, -0.2) is 42.3 Å². The van der Waals surface area contributed by atoms with Crippen LogP contribution in [0.3, 0.4) is 0 Å². The van der Waals surface area contributed by atoms with Crippen LogP contribution >= 0.6 is 11.6 Å². The molecular weight excluding hydrogens is 368 g/mol. The van der Waals surface area contributed by atoms with Crippen molar-refractivity contribution < 1.29 is 9.47 Å². The van der Waals surface area contributed by atoms with Gasteiger partial charge in [-0.2, -0.15) is 20.2 Å². The molecule has 0 amide bonds. The molecule has 0 bridgehead atoms. The molecule has 0 saturated carbocycles. The molecule has 2 aromatic rings. The first kappa shape index (κ1) is 20.3. The molecule has 0 saturated heterocycles. The zero-order chi connectivity index (χ0) is 20.1. The number of benzene rings is 1. The largest absolute Gasteiger partial charge is 0.493 e. The minimum absolute atomic E-state index is 0.0288. The monoisotopic (exact) mass is 388 g/mol. The summed E-state index contributed by atoms with van der Waals surface area (Å²) in [6.07, 6.45) is 1.53. The summed E-state index contributed by atoms with van der Waals surface area (Å²) >= 11 is 6.34. The Bertz CT molecular complexity index is 905. The van der Waals surface area contributed by atoms with E-state index in [1.807, 2.05) is 13.8 Å². The first-order chi connectivity index (χ1) is 12.7. The first-order valence-electron chi connectivity index (χ1n) is 8.10. The maximum absolute atomic E-state index is 9.57. The van der Waals surface area contributed by atoms with Crippen LogP contribution in [0.4, 0.5) is 11.9 Å².